The van der Waals surface area contributed by atoms with Crippen molar-refractivity contribution in [2.24, 2.45) is 0 Å². The molecule has 1 aliphatic rings. The fourth-order valence-electron chi connectivity index (χ4n) is 2.36. The maximum Gasteiger partial charge on any atom is 0.355 e. The standard InChI is InChI=1S/C15H11F4NO7/c1-25-14(23)5-3-27-4-20(11(5)15(24)26-2)12-9(18)7(16)6(13(21)22)8(17)10(12)19/h3-4H2,1-2H3,(H,21,22). The highest BCUT2D eigenvalue weighted by Gasteiger charge is 2.38. The van der Waals surface area contributed by atoms with Gasteiger partial charge in [-0.3, -0.25) is 0 Å². The molecule has 1 N–H and O–H groups in total. The zero-order chi connectivity index (χ0) is 20.5. The number of ether oxygens (including phenoxy) is 3. The number of hydrogen-bond acceptors (Lipinski definition) is 7. The van der Waals surface area contributed by atoms with E-state index in [1.165, 1.54) is 0 Å². The van der Waals surface area contributed by atoms with Crippen LogP contribution in [0, 0.1) is 23.3 Å². The summed E-state index contributed by atoms with van der Waals surface area (Å²) in [4.78, 5) is 35.0. The predicted octanol–water partition coefficient (Wildman–Crippen LogP) is 1.34. The van der Waals surface area contributed by atoms with Gasteiger partial charge in [0.2, 0.25) is 0 Å². The van der Waals surface area contributed by atoms with Gasteiger partial charge >= 0.3 is 17.9 Å². The Bertz CT molecular complexity index is 839. The molecule has 0 unspecified atom stereocenters. The number of methoxy groups -OCH3 is 2. The fourth-order valence-corrected chi connectivity index (χ4v) is 2.36. The van der Waals surface area contributed by atoms with E-state index < -0.39 is 77.0 Å². The average Bonchev–Trinajstić information content (AvgIpc) is 2.65. The molecular weight excluding hydrogens is 382 g/mol. The van der Waals surface area contributed by atoms with E-state index >= 15 is 0 Å². The number of hydrogen-bond donors (Lipinski definition) is 1. The number of nitrogens with zero attached hydrogens (tertiary/aromatic N) is 1. The third kappa shape index (κ3) is 3.30. The molecule has 0 fully saturated rings. The fraction of sp³-hybridized carbons (Fsp3) is 0.267. The molecule has 0 spiro atoms. The van der Waals surface area contributed by atoms with Crippen molar-refractivity contribution in [3.63, 3.8) is 0 Å². The summed E-state index contributed by atoms with van der Waals surface area (Å²) in [5.74, 6) is -13.3. The molecule has 1 heterocycles. The third-order valence-electron chi connectivity index (χ3n) is 3.56. The first-order chi connectivity index (χ1) is 12.7. The lowest BCUT2D eigenvalue weighted by Crippen LogP contribution is -2.40. The number of carbonyl (C=O) groups excluding carboxylic acids is 2. The summed E-state index contributed by atoms with van der Waals surface area (Å²) in [6.07, 6.45) is 0. The normalized spacial score (nSPS) is 14.2. The Hall–Kier alpha value is -3.15. The minimum Gasteiger partial charge on any atom is -0.477 e. The molecule has 12 heteroatoms. The van der Waals surface area contributed by atoms with Gasteiger partial charge in [-0.05, 0) is 0 Å². The van der Waals surface area contributed by atoms with Gasteiger partial charge in [-0.25, -0.2) is 31.9 Å². The van der Waals surface area contributed by atoms with Gasteiger partial charge in [0.25, 0.3) is 0 Å². The van der Waals surface area contributed by atoms with Crippen molar-refractivity contribution in [2.75, 3.05) is 32.5 Å². The van der Waals surface area contributed by atoms with Crippen LogP contribution in [0.1, 0.15) is 10.4 Å². The molecule has 0 aliphatic carbocycles. The Balaban J connectivity index is 2.81. The van der Waals surface area contributed by atoms with Crippen molar-refractivity contribution < 1.29 is 51.3 Å². The van der Waals surface area contributed by atoms with Crippen LogP contribution in [0.25, 0.3) is 0 Å². The number of carboxylic acid groups (broad SMARTS) is 1. The topological polar surface area (TPSA) is 102 Å². The third-order valence-corrected chi connectivity index (χ3v) is 3.56. The van der Waals surface area contributed by atoms with Crippen LogP contribution in [0.3, 0.4) is 0 Å². The van der Waals surface area contributed by atoms with Crippen molar-refractivity contribution in [1.82, 2.24) is 0 Å². The lowest BCUT2D eigenvalue weighted by Gasteiger charge is -2.31. The Labute approximate surface area is 148 Å². The van der Waals surface area contributed by atoms with Crippen LogP contribution in [0.15, 0.2) is 11.3 Å². The molecule has 1 aromatic rings. The molecule has 0 radical (unpaired) electrons. The molecule has 0 atom stereocenters. The second-order valence-electron chi connectivity index (χ2n) is 5.00. The molecule has 1 aromatic carbocycles. The summed E-state index contributed by atoms with van der Waals surface area (Å²) in [6, 6.07) is 0. The van der Waals surface area contributed by atoms with Crippen molar-refractivity contribution in [1.29, 1.82) is 0 Å². The maximum absolute atomic E-state index is 14.4. The summed E-state index contributed by atoms with van der Waals surface area (Å²) in [7, 11) is 1.84. The van der Waals surface area contributed by atoms with Crippen LogP contribution in [0.2, 0.25) is 0 Å². The van der Waals surface area contributed by atoms with Crippen LogP contribution in [-0.4, -0.2) is 50.6 Å². The van der Waals surface area contributed by atoms with Gasteiger partial charge in [0.1, 0.15) is 23.7 Å². The molecule has 146 valence electrons. The average molecular weight is 393 g/mol. The van der Waals surface area contributed by atoms with Gasteiger partial charge in [0.05, 0.1) is 26.4 Å². The van der Waals surface area contributed by atoms with E-state index in [0.29, 0.717) is 4.90 Å². The Morgan fingerprint density at radius 3 is 1.93 bits per heavy atom. The highest BCUT2D eigenvalue weighted by atomic mass is 19.2. The highest BCUT2D eigenvalue weighted by molar-refractivity contribution is 6.03. The van der Waals surface area contributed by atoms with Crippen molar-refractivity contribution in [3.05, 3.63) is 40.1 Å². The summed E-state index contributed by atoms with van der Waals surface area (Å²) in [5, 5.41) is 8.73. The molecule has 0 aromatic heterocycles. The molecule has 8 nitrogen and oxygen atoms in total. The SMILES string of the molecule is COC(=O)C1=C(C(=O)OC)N(c2c(F)c(F)c(C(=O)O)c(F)c2F)COC1. The van der Waals surface area contributed by atoms with Crippen molar-refractivity contribution >= 4 is 23.6 Å². The second kappa shape index (κ2) is 7.61. The molecule has 2 rings (SSSR count). The number of aromatic carboxylic acids is 1. The van der Waals surface area contributed by atoms with E-state index in [1.54, 1.807) is 0 Å². The van der Waals surface area contributed by atoms with Gasteiger partial charge < -0.3 is 24.2 Å². The van der Waals surface area contributed by atoms with E-state index in [2.05, 4.69) is 9.47 Å². The van der Waals surface area contributed by atoms with Crippen LogP contribution in [0.5, 0.6) is 0 Å². The van der Waals surface area contributed by atoms with Gasteiger partial charge in [-0.15, -0.1) is 0 Å². The monoisotopic (exact) mass is 393 g/mol. The first kappa shape index (κ1) is 20.2. The molecular formula is C15H11F4NO7. The minimum atomic E-state index is -2.25. The zero-order valence-corrected chi connectivity index (χ0v) is 13.8. The van der Waals surface area contributed by atoms with E-state index in [1.807, 2.05) is 0 Å². The van der Waals surface area contributed by atoms with Crippen LogP contribution < -0.4 is 4.90 Å². The first-order valence-corrected chi connectivity index (χ1v) is 7.01. The number of anilines is 1. The van der Waals surface area contributed by atoms with Crippen LogP contribution in [0.4, 0.5) is 23.2 Å². The summed E-state index contributed by atoms with van der Waals surface area (Å²) in [6.45, 7) is -1.32. The molecule has 0 amide bonds. The smallest absolute Gasteiger partial charge is 0.355 e. The van der Waals surface area contributed by atoms with Gasteiger partial charge in [-0.1, -0.05) is 0 Å². The van der Waals surface area contributed by atoms with E-state index in [-0.39, 0.29) is 0 Å². The summed E-state index contributed by atoms with van der Waals surface area (Å²) < 4.78 is 70.5. The van der Waals surface area contributed by atoms with Crippen LogP contribution >= 0.6 is 0 Å². The summed E-state index contributed by atoms with van der Waals surface area (Å²) in [5.41, 5.74) is -4.65. The van der Waals surface area contributed by atoms with E-state index in [4.69, 9.17) is 9.84 Å². The Kier molecular flexibility index (Phi) is 5.69. The quantitative estimate of drug-likeness (QED) is 0.465. The lowest BCUT2D eigenvalue weighted by molar-refractivity contribution is -0.140. The second-order valence-corrected chi connectivity index (χ2v) is 5.00. The van der Waals surface area contributed by atoms with Gasteiger partial charge in [0.15, 0.2) is 23.3 Å². The zero-order valence-electron chi connectivity index (χ0n) is 13.8. The maximum atomic E-state index is 14.4. The predicted molar refractivity (Wildman–Crippen MR) is 77.6 cm³/mol. The van der Waals surface area contributed by atoms with E-state index in [9.17, 15) is 31.9 Å². The number of halogens is 4. The molecule has 0 saturated carbocycles. The van der Waals surface area contributed by atoms with Gasteiger partial charge in [0, 0.05) is 0 Å². The number of benzene rings is 1. The lowest BCUT2D eigenvalue weighted by atomic mass is 10.1. The van der Waals surface area contributed by atoms with Crippen molar-refractivity contribution in [3.8, 4) is 0 Å². The Morgan fingerprint density at radius 1 is 0.963 bits per heavy atom. The van der Waals surface area contributed by atoms with Crippen LogP contribution in [-0.2, 0) is 23.8 Å². The number of esters is 2. The minimum absolute atomic E-state index is 0.310. The van der Waals surface area contributed by atoms with Gasteiger partial charge in [-0.2, -0.15) is 0 Å². The Morgan fingerprint density at radius 2 is 1.48 bits per heavy atom. The highest BCUT2D eigenvalue weighted by Crippen LogP contribution is 2.35. The molecule has 27 heavy (non-hydrogen) atoms. The summed E-state index contributed by atoms with van der Waals surface area (Å²) >= 11 is 0. The number of carbonyl (C=O) groups is 3. The number of carboxylic acids is 1. The molecule has 0 saturated heterocycles. The number of rotatable bonds is 4. The van der Waals surface area contributed by atoms with Crippen molar-refractivity contribution in [2.45, 2.75) is 0 Å². The largest absolute Gasteiger partial charge is 0.477 e. The van der Waals surface area contributed by atoms with E-state index in [0.717, 1.165) is 14.2 Å². The molecule has 1 aliphatic heterocycles. The first-order valence-electron chi connectivity index (χ1n) is 7.01. The molecule has 0 bridgehead atoms.